The van der Waals surface area contributed by atoms with Crippen LogP contribution in [0.2, 0.25) is 0 Å². The van der Waals surface area contributed by atoms with Crippen molar-refractivity contribution in [3.05, 3.63) is 29.8 Å². The van der Waals surface area contributed by atoms with Crippen molar-refractivity contribution in [2.45, 2.75) is 52.2 Å². The molecule has 1 amide bonds. The van der Waals surface area contributed by atoms with Gasteiger partial charge >= 0.3 is 12.1 Å². The number of esters is 1. The van der Waals surface area contributed by atoms with Crippen molar-refractivity contribution >= 4 is 17.7 Å². The van der Waals surface area contributed by atoms with Gasteiger partial charge in [-0.1, -0.05) is 19.1 Å². The lowest BCUT2D eigenvalue weighted by Gasteiger charge is -2.25. The molecule has 0 aliphatic heterocycles. The summed E-state index contributed by atoms with van der Waals surface area (Å²) in [4.78, 5) is 23.5. The van der Waals surface area contributed by atoms with Crippen LogP contribution in [0.1, 0.15) is 46.1 Å². The Morgan fingerprint density at radius 1 is 1.30 bits per heavy atom. The number of carbonyl (C=O) groups excluding carboxylic acids is 2. The summed E-state index contributed by atoms with van der Waals surface area (Å²) in [6, 6.07) is 6.37. The van der Waals surface area contributed by atoms with Crippen molar-refractivity contribution in [2.24, 2.45) is 5.73 Å². The van der Waals surface area contributed by atoms with Crippen LogP contribution in [-0.2, 0) is 14.3 Å². The van der Waals surface area contributed by atoms with E-state index < -0.39 is 23.7 Å². The first-order valence-electron chi connectivity index (χ1n) is 7.66. The van der Waals surface area contributed by atoms with Crippen molar-refractivity contribution in [3.8, 4) is 0 Å². The molecule has 1 rings (SSSR count). The maximum atomic E-state index is 12.1. The lowest BCUT2D eigenvalue weighted by Crippen LogP contribution is -2.40. The number of nitrogens with two attached hydrogens (primary N) is 1. The Morgan fingerprint density at radius 2 is 1.96 bits per heavy atom. The molecule has 0 aliphatic rings. The predicted molar refractivity (Wildman–Crippen MR) is 89.3 cm³/mol. The van der Waals surface area contributed by atoms with Gasteiger partial charge in [0.05, 0.1) is 6.61 Å². The zero-order valence-corrected chi connectivity index (χ0v) is 14.4. The molecule has 0 radical (unpaired) electrons. The van der Waals surface area contributed by atoms with E-state index in [-0.39, 0.29) is 5.92 Å². The van der Waals surface area contributed by atoms with Crippen LogP contribution in [0, 0.1) is 0 Å². The number of ether oxygens (including phenoxy) is 2. The van der Waals surface area contributed by atoms with Crippen molar-refractivity contribution in [1.29, 1.82) is 0 Å². The molecule has 0 aliphatic carbocycles. The second kappa shape index (κ2) is 7.97. The van der Waals surface area contributed by atoms with E-state index in [0.29, 0.717) is 12.3 Å². The van der Waals surface area contributed by atoms with Gasteiger partial charge in [-0.25, -0.2) is 4.79 Å². The minimum Gasteiger partial charge on any atom is -0.459 e. The number of hydrogen-bond donors (Lipinski definition) is 2. The summed E-state index contributed by atoms with van der Waals surface area (Å²) in [5, 5.41) is 2.63. The molecule has 0 saturated carbocycles. The van der Waals surface area contributed by atoms with Gasteiger partial charge in [0.15, 0.2) is 0 Å². The van der Waals surface area contributed by atoms with Crippen LogP contribution >= 0.6 is 0 Å². The van der Waals surface area contributed by atoms with Gasteiger partial charge in [-0.05, 0) is 45.4 Å². The molecule has 0 heterocycles. The Labute approximate surface area is 137 Å². The molecule has 6 nitrogen and oxygen atoms in total. The first kappa shape index (κ1) is 19.0. The molecular weight excluding hydrogens is 296 g/mol. The Bertz CT molecular complexity index is 552. The average molecular weight is 322 g/mol. The molecule has 0 saturated heterocycles. The maximum absolute atomic E-state index is 12.1. The standard InChI is InChI=1S/C17H26N2O4/c1-6-22-16(21)19-13-9-7-8-12(10-13)11(2)14(18)15(20)23-17(3,4)5/h7-11,14H,6,18H2,1-5H3,(H,19,21). The minimum atomic E-state index is -0.785. The molecule has 0 aromatic heterocycles. The van der Waals surface area contributed by atoms with Crippen LogP contribution in [0.15, 0.2) is 24.3 Å². The number of benzene rings is 1. The van der Waals surface area contributed by atoms with E-state index in [1.807, 2.05) is 13.0 Å². The lowest BCUT2D eigenvalue weighted by molar-refractivity contribution is -0.156. The number of anilines is 1. The lowest BCUT2D eigenvalue weighted by atomic mass is 9.93. The molecule has 3 N–H and O–H groups in total. The van der Waals surface area contributed by atoms with E-state index in [1.165, 1.54) is 0 Å². The molecule has 128 valence electrons. The van der Waals surface area contributed by atoms with Crippen LogP contribution in [0.5, 0.6) is 0 Å². The molecule has 0 spiro atoms. The van der Waals surface area contributed by atoms with Gasteiger partial charge in [0.1, 0.15) is 11.6 Å². The van der Waals surface area contributed by atoms with Crippen LogP contribution in [0.3, 0.4) is 0 Å². The molecule has 0 fully saturated rings. The number of rotatable bonds is 5. The summed E-state index contributed by atoms with van der Waals surface area (Å²) >= 11 is 0. The third-order valence-corrected chi connectivity index (χ3v) is 3.15. The van der Waals surface area contributed by atoms with E-state index in [4.69, 9.17) is 15.2 Å². The highest BCUT2D eigenvalue weighted by atomic mass is 16.6. The maximum Gasteiger partial charge on any atom is 0.411 e. The van der Waals surface area contributed by atoms with Crippen molar-refractivity contribution < 1.29 is 19.1 Å². The summed E-state index contributed by atoms with van der Waals surface area (Å²) in [6.07, 6.45) is -0.520. The molecule has 23 heavy (non-hydrogen) atoms. The van der Waals surface area contributed by atoms with Gasteiger partial charge in [-0.2, -0.15) is 0 Å². The predicted octanol–water partition coefficient (Wildman–Crippen LogP) is 3.03. The summed E-state index contributed by atoms with van der Waals surface area (Å²) in [5.74, 6) is -0.706. The molecule has 2 unspecified atom stereocenters. The van der Waals surface area contributed by atoms with Crippen molar-refractivity contribution in [1.82, 2.24) is 0 Å². The van der Waals surface area contributed by atoms with Gasteiger partial charge in [-0.3, -0.25) is 10.1 Å². The van der Waals surface area contributed by atoms with Gasteiger partial charge < -0.3 is 15.2 Å². The zero-order valence-electron chi connectivity index (χ0n) is 14.4. The second-order valence-corrected chi connectivity index (χ2v) is 6.32. The molecule has 1 aromatic carbocycles. The fourth-order valence-corrected chi connectivity index (χ4v) is 1.97. The van der Waals surface area contributed by atoms with Crippen LogP contribution in [0.25, 0.3) is 0 Å². The Hall–Kier alpha value is -2.08. The molecular formula is C17H26N2O4. The minimum absolute atomic E-state index is 0.256. The van der Waals surface area contributed by atoms with Gasteiger partial charge in [0.25, 0.3) is 0 Å². The SMILES string of the molecule is CCOC(=O)Nc1cccc(C(C)C(N)C(=O)OC(C)(C)C)c1. The number of amides is 1. The van der Waals surface area contributed by atoms with E-state index in [0.717, 1.165) is 5.56 Å². The average Bonchev–Trinajstić information content (AvgIpc) is 2.44. The zero-order chi connectivity index (χ0) is 17.6. The number of carbonyl (C=O) groups is 2. The first-order valence-corrected chi connectivity index (χ1v) is 7.66. The fraction of sp³-hybridized carbons (Fsp3) is 0.529. The Balaban J connectivity index is 2.81. The summed E-state index contributed by atoms with van der Waals surface area (Å²) in [5.41, 5.74) is 6.85. The highest BCUT2D eigenvalue weighted by Gasteiger charge is 2.27. The van der Waals surface area contributed by atoms with Crippen molar-refractivity contribution in [3.63, 3.8) is 0 Å². The van der Waals surface area contributed by atoms with Gasteiger partial charge in [0, 0.05) is 11.6 Å². The van der Waals surface area contributed by atoms with E-state index in [2.05, 4.69) is 5.32 Å². The Morgan fingerprint density at radius 3 is 2.52 bits per heavy atom. The fourth-order valence-electron chi connectivity index (χ4n) is 1.97. The summed E-state index contributed by atoms with van der Waals surface area (Å²) < 4.78 is 10.2. The van der Waals surface area contributed by atoms with E-state index in [9.17, 15) is 9.59 Å². The first-order chi connectivity index (χ1) is 10.6. The highest BCUT2D eigenvalue weighted by Crippen LogP contribution is 2.23. The molecule has 6 heteroatoms. The van der Waals surface area contributed by atoms with Crippen molar-refractivity contribution in [2.75, 3.05) is 11.9 Å². The molecule has 0 bridgehead atoms. The van der Waals surface area contributed by atoms with Gasteiger partial charge in [0.2, 0.25) is 0 Å². The molecule has 1 aromatic rings. The van der Waals surface area contributed by atoms with Crippen LogP contribution in [0.4, 0.5) is 10.5 Å². The monoisotopic (exact) mass is 322 g/mol. The number of nitrogens with one attached hydrogen (secondary N) is 1. The highest BCUT2D eigenvalue weighted by molar-refractivity contribution is 5.84. The van der Waals surface area contributed by atoms with Crippen LogP contribution in [-0.4, -0.2) is 30.3 Å². The van der Waals surface area contributed by atoms with Gasteiger partial charge in [-0.15, -0.1) is 0 Å². The summed E-state index contributed by atoms with van der Waals surface area (Å²) in [7, 11) is 0. The molecule has 2 atom stereocenters. The quantitative estimate of drug-likeness (QED) is 0.813. The Kier molecular flexibility index (Phi) is 6.57. The second-order valence-electron chi connectivity index (χ2n) is 6.32. The third-order valence-electron chi connectivity index (χ3n) is 3.15. The largest absolute Gasteiger partial charge is 0.459 e. The van der Waals surface area contributed by atoms with E-state index >= 15 is 0 Å². The topological polar surface area (TPSA) is 90.6 Å². The van der Waals surface area contributed by atoms with Crippen LogP contribution < -0.4 is 11.1 Å². The normalized spacial score (nSPS) is 13.8. The number of hydrogen-bond acceptors (Lipinski definition) is 5. The third kappa shape index (κ3) is 6.28. The van der Waals surface area contributed by atoms with E-state index in [1.54, 1.807) is 45.9 Å². The summed E-state index contributed by atoms with van der Waals surface area (Å²) in [6.45, 7) is 9.27. The smallest absolute Gasteiger partial charge is 0.411 e.